The monoisotopic (exact) mass is 533 g/mol. The van der Waals surface area contributed by atoms with Crippen LogP contribution in [0.3, 0.4) is 0 Å². The Hall–Kier alpha value is -3.27. The van der Waals surface area contributed by atoms with Crippen molar-refractivity contribution >= 4 is 27.5 Å². The Labute approximate surface area is 220 Å². The number of rotatable bonds is 13. The fourth-order valence-corrected chi connectivity index (χ4v) is 4.80. The van der Waals surface area contributed by atoms with Crippen LogP contribution >= 0.6 is 0 Å². The summed E-state index contributed by atoms with van der Waals surface area (Å²) >= 11 is 0. The van der Waals surface area contributed by atoms with Crippen molar-refractivity contribution in [3.8, 4) is 11.5 Å². The molecule has 0 saturated carbocycles. The molecule has 0 aliphatic carbocycles. The lowest BCUT2D eigenvalue weighted by atomic mass is 10.1. The van der Waals surface area contributed by atoms with E-state index >= 15 is 0 Å². The molecule has 0 bridgehead atoms. The Morgan fingerprint density at radius 2 is 1.73 bits per heavy atom. The Kier molecular flexibility index (Phi) is 10.8. The summed E-state index contributed by atoms with van der Waals surface area (Å²) in [6, 6.07) is 11.5. The van der Waals surface area contributed by atoms with Crippen molar-refractivity contribution < 1.29 is 27.5 Å². The van der Waals surface area contributed by atoms with Gasteiger partial charge < -0.3 is 19.7 Å². The maximum atomic E-state index is 13.8. The number of amides is 2. The lowest BCUT2D eigenvalue weighted by molar-refractivity contribution is -0.140. The number of nitrogens with zero attached hydrogens (tertiary/aromatic N) is 2. The summed E-state index contributed by atoms with van der Waals surface area (Å²) in [5, 5.41) is 2.96. The number of sulfonamides is 1. The van der Waals surface area contributed by atoms with Gasteiger partial charge in [0.2, 0.25) is 21.8 Å². The van der Waals surface area contributed by atoms with Crippen LogP contribution in [0.1, 0.15) is 44.7 Å². The summed E-state index contributed by atoms with van der Waals surface area (Å²) in [7, 11) is -1.02. The molecule has 2 atom stereocenters. The third-order valence-corrected chi connectivity index (χ3v) is 7.28. The zero-order valence-corrected chi connectivity index (χ0v) is 23.6. The number of methoxy groups -OCH3 is 2. The summed E-state index contributed by atoms with van der Waals surface area (Å²) in [4.78, 5) is 28.5. The normalized spacial score (nSPS) is 12.8. The van der Waals surface area contributed by atoms with Crippen LogP contribution in [0, 0.1) is 6.92 Å². The molecule has 2 aromatic rings. The molecule has 0 heterocycles. The summed E-state index contributed by atoms with van der Waals surface area (Å²) < 4.78 is 37.4. The minimum Gasteiger partial charge on any atom is -0.497 e. The minimum atomic E-state index is -3.91. The molecule has 2 rings (SSSR count). The van der Waals surface area contributed by atoms with Crippen LogP contribution in [0.15, 0.2) is 42.5 Å². The van der Waals surface area contributed by atoms with E-state index in [1.807, 2.05) is 52.0 Å². The SMILES string of the molecule is CC[C@@H](C)NC(=O)[C@@H](CC)N(Cc1cccc(C)c1)C(=O)CN(c1cc(OC)ccc1OC)S(C)(=O)=O. The van der Waals surface area contributed by atoms with Gasteiger partial charge in [-0.05, 0) is 44.4 Å². The molecular formula is C27H39N3O6S. The van der Waals surface area contributed by atoms with Gasteiger partial charge in [0.1, 0.15) is 24.1 Å². The number of carbonyl (C=O) groups excluding carboxylic acids is 2. The van der Waals surface area contributed by atoms with Crippen LogP contribution in [0.5, 0.6) is 11.5 Å². The number of hydrogen-bond donors (Lipinski definition) is 1. The molecule has 0 aromatic heterocycles. The summed E-state index contributed by atoms with van der Waals surface area (Å²) in [6.45, 7) is 7.28. The molecule has 0 aliphatic heterocycles. The molecule has 0 unspecified atom stereocenters. The molecular weight excluding hydrogens is 494 g/mol. The van der Waals surface area contributed by atoms with Crippen LogP contribution in [-0.2, 0) is 26.2 Å². The van der Waals surface area contributed by atoms with Crippen LogP contribution in [0.4, 0.5) is 5.69 Å². The number of aryl methyl sites for hydroxylation is 1. The molecule has 9 nitrogen and oxygen atoms in total. The predicted molar refractivity (Wildman–Crippen MR) is 145 cm³/mol. The number of nitrogens with one attached hydrogen (secondary N) is 1. The number of benzene rings is 2. The Morgan fingerprint density at radius 3 is 2.27 bits per heavy atom. The Morgan fingerprint density at radius 1 is 1.03 bits per heavy atom. The van der Waals surface area contributed by atoms with E-state index in [4.69, 9.17) is 9.47 Å². The van der Waals surface area contributed by atoms with Crippen LogP contribution in [0.2, 0.25) is 0 Å². The van der Waals surface area contributed by atoms with E-state index in [0.717, 1.165) is 28.1 Å². The smallest absolute Gasteiger partial charge is 0.244 e. The molecule has 0 fully saturated rings. The topological polar surface area (TPSA) is 105 Å². The summed E-state index contributed by atoms with van der Waals surface area (Å²) in [6.07, 6.45) is 2.13. The van der Waals surface area contributed by atoms with Crippen molar-refractivity contribution in [1.82, 2.24) is 10.2 Å². The van der Waals surface area contributed by atoms with E-state index in [9.17, 15) is 18.0 Å². The molecule has 204 valence electrons. The molecule has 37 heavy (non-hydrogen) atoms. The van der Waals surface area contributed by atoms with Crippen molar-refractivity contribution in [2.24, 2.45) is 0 Å². The van der Waals surface area contributed by atoms with E-state index in [2.05, 4.69) is 5.32 Å². The largest absolute Gasteiger partial charge is 0.497 e. The van der Waals surface area contributed by atoms with Gasteiger partial charge in [-0.15, -0.1) is 0 Å². The Bertz CT molecular complexity index is 1180. The third kappa shape index (κ3) is 8.11. The van der Waals surface area contributed by atoms with Gasteiger partial charge in [-0.3, -0.25) is 13.9 Å². The van der Waals surface area contributed by atoms with Crippen molar-refractivity contribution in [2.45, 2.75) is 59.2 Å². The summed E-state index contributed by atoms with van der Waals surface area (Å²) in [5.41, 5.74) is 2.03. The molecule has 0 saturated heterocycles. The molecule has 10 heteroatoms. The first kappa shape index (κ1) is 30.0. The van der Waals surface area contributed by atoms with E-state index in [1.165, 1.54) is 25.2 Å². The number of anilines is 1. The van der Waals surface area contributed by atoms with E-state index < -0.39 is 28.5 Å². The first-order valence-electron chi connectivity index (χ1n) is 12.3. The zero-order valence-electron chi connectivity index (χ0n) is 22.8. The molecule has 0 aliphatic rings. The maximum Gasteiger partial charge on any atom is 0.244 e. The van der Waals surface area contributed by atoms with Crippen molar-refractivity contribution in [1.29, 1.82) is 0 Å². The van der Waals surface area contributed by atoms with Crippen molar-refractivity contribution in [3.05, 3.63) is 53.6 Å². The molecule has 0 radical (unpaired) electrons. The second-order valence-corrected chi connectivity index (χ2v) is 11.0. The van der Waals surface area contributed by atoms with E-state index in [-0.39, 0.29) is 29.9 Å². The lowest BCUT2D eigenvalue weighted by Crippen LogP contribution is -2.53. The zero-order chi connectivity index (χ0) is 27.8. The van der Waals surface area contributed by atoms with Crippen LogP contribution < -0.4 is 19.1 Å². The fraction of sp³-hybridized carbons (Fsp3) is 0.481. The van der Waals surface area contributed by atoms with Gasteiger partial charge in [-0.25, -0.2) is 8.42 Å². The highest BCUT2D eigenvalue weighted by Gasteiger charge is 2.33. The molecule has 1 N–H and O–H groups in total. The van der Waals surface area contributed by atoms with Gasteiger partial charge in [-0.2, -0.15) is 0 Å². The number of carbonyl (C=O) groups is 2. The standard InChI is InChI=1S/C27H39N3O6S/c1-8-20(4)28-27(32)23(9-2)29(17-21-12-10-11-19(3)15-21)26(31)18-30(37(7,33)34)24-16-22(35-5)13-14-25(24)36-6/h10-16,20,23H,8-9,17-18H2,1-7H3,(H,28,32)/t20-,23-/m1/s1. The van der Waals surface area contributed by atoms with E-state index in [0.29, 0.717) is 12.2 Å². The average Bonchev–Trinajstić information content (AvgIpc) is 2.85. The van der Waals surface area contributed by atoms with Gasteiger partial charge >= 0.3 is 0 Å². The van der Waals surface area contributed by atoms with Gasteiger partial charge in [-0.1, -0.05) is 43.7 Å². The second-order valence-electron chi connectivity index (χ2n) is 9.06. The lowest BCUT2D eigenvalue weighted by Gasteiger charge is -2.33. The number of ether oxygens (including phenoxy) is 2. The number of hydrogen-bond acceptors (Lipinski definition) is 6. The minimum absolute atomic E-state index is 0.0639. The van der Waals surface area contributed by atoms with Gasteiger partial charge in [0.05, 0.1) is 26.2 Å². The van der Waals surface area contributed by atoms with Gasteiger partial charge in [0, 0.05) is 18.7 Å². The van der Waals surface area contributed by atoms with Crippen molar-refractivity contribution in [3.63, 3.8) is 0 Å². The first-order chi connectivity index (χ1) is 17.4. The van der Waals surface area contributed by atoms with Gasteiger partial charge in [0.25, 0.3) is 0 Å². The molecule has 2 amide bonds. The van der Waals surface area contributed by atoms with Gasteiger partial charge in [0.15, 0.2) is 0 Å². The quantitative estimate of drug-likeness (QED) is 0.423. The maximum absolute atomic E-state index is 13.8. The highest BCUT2D eigenvalue weighted by Crippen LogP contribution is 2.34. The van der Waals surface area contributed by atoms with Crippen LogP contribution in [-0.4, -0.2) is 64.2 Å². The van der Waals surface area contributed by atoms with E-state index in [1.54, 1.807) is 12.1 Å². The molecule has 2 aromatic carbocycles. The van der Waals surface area contributed by atoms with Crippen molar-refractivity contribution in [2.75, 3.05) is 31.3 Å². The average molecular weight is 534 g/mol. The predicted octanol–water partition coefficient (Wildman–Crippen LogP) is 3.50. The van der Waals surface area contributed by atoms with Crippen LogP contribution in [0.25, 0.3) is 0 Å². The third-order valence-electron chi connectivity index (χ3n) is 6.16. The molecule has 0 spiro atoms. The highest BCUT2D eigenvalue weighted by molar-refractivity contribution is 7.92. The Balaban J connectivity index is 2.53. The summed E-state index contributed by atoms with van der Waals surface area (Å²) in [5.74, 6) is -0.107. The fourth-order valence-electron chi connectivity index (χ4n) is 3.95. The first-order valence-corrected chi connectivity index (χ1v) is 14.1. The second kappa shape index (κ2) is 13.3. The highest BCUT2D eigenvalue weighted by atomic mass is 32.2.